The molecule has 0 saturated carbocycles. The van der Waals surface area contributed by atoms with Crippen LogP contribution in [0.2, 0.25) is 0 Å². The molecule has 2 aliphatic rings. The lowest BCUT2D eigenvalue weighted by molar-refractivity contribution is 0.669. The largest absolute Gasteiger partial charge is 0.456 e. The van der Waals surface area contributed by atoms with Crippen molar-refractivity contribution in [1.29, 1.82) is 0 Å². The maximum absolute atomic E-state index is 6.21. The smallest absolute Gasteiger partial charge is 0.135 e. The molecule has 2 nitrogen and oxygen atoms in total. The van der Waals surface area contributed by atoms with Crippen LogP contribution in [0.3, 0.4) is 0 Å². The minimum absolute atomic E-state index is 0.0217. The molecular formula is C50H39NO. The van der Waals surface area contributed by atoms with E-state index in [9.17, 15) is 0 Å². The van der Waals surface area contributed by atoms with Crippen LogP contribution in [0.1, 0.15) is 49.9 Å². The Bertz CT molecular complexity index is 2710. The van der Waals surface area contributed by atoms with Crippen LogP contribution in [0.25, 0.3) is 55.3 Å². The second-order valence-corrected chi connectivity index (χ2v) is 15.4. The average molecular weight is 670 g/mol. The first-order chi connectivity index (χ1) is 25.3. The van der Waals surface area contributed by atoms with Crippen molar-refractivity contribution in [3.05, 3.63) is 186 Å². The minimum atomic E-state index is -0.0803. The zero-order valence-electron chi connectivity index (χ0n) is 29.9. The fourth-order valence-electron chi connectivity index (χ4n) is 9.08. The average Bonchev–Trinajstić information content (AvgIpc) is 3.76. The van der Waals surface area contributed by atoms with Crippen molar-refractivity contribution >= 4 is 50.1 Å². The van der Waals surface area contributed by atoms with E-state index < -0.39 is 0 Å². The summed E-state index contributed by atoms with van der Waals surface area (Å²) < 4.78 is 6.21. The van der Waals surface area contributed by atoms with Crippen molar-refractivity contribution in [1.82, 2.24) is 0 Å². The monoisotopic (exact) mass is 669 g/mol. The summed E-state index contributed by atoms with van der Waals surface area (Å²) >= 11 is 0. The second kappa shape index (κ2) is 11.2. The number of anilines is 3. The Morgan fingerprint density at radius 3 is 1.63 bits per heavy atom. The van der Waals surface area contributed by atoms with Gasteiger partial charge in [0.25, 0.3) is 0 Å². The molecular weight excluding hydrogens is 631 g/mol. The molecule has 0 bridgehead atoms. The summed E-state index contributed by atoms with van der Waals surface area (Å²) in [5, 5.41) is 2.24. The Morgan fingerprint density at radius 1 is 0.385 bits per heavy atom. The Balaban J connectivity index is 1.05. The molecule has 0 unspecified atom stereocenters. The van der Waals surface area contributed by atoms with E-state index in [-0.39, 0.29) is 10.8 Å². The summed E-state index contributed by atoms with van der Waals surface area (Å²) in [6.07, 6.45) is 0. The molecule has 2 heteroatoms. The van der Waals surface area contributed by atoms with E-state index >= 15 is 0 Å². The van der Waals surface area contributed by atoms with Crippen LogP contribution in [0.5, 0.6) is 0 Å². The number of rotatable bonds is 5. The van der Waals surface area contributed by atoms with Gasteiger partial charge in [-0.3, -0.25) is 0 Å². The van der Waals surface area contributed by atoms with Crippen LogP contribution in [-0.2, 0) is 10.8 Å². The molecule has 1 aromatic heterocycles. The molecule has 2 aliphatic carbocycles. The number of benzene rings is 7. The third kappa shape index (κ3) is 4.50. The molecule has 0 saturated heterocycles. The van der Waals surface area contributed by atoms with Crippen molar-refractivity contribution in [3.63, 3.8) is 0 Å². The van der Waals surface area contributed by atoms with Gasteiger partial charge in [-0.2, -0.15) is 0 Å². The molecule has 0 amide bonds. The Labute approximate surface area is 305 Å². The molecule has 8 aromatic rings. The van der Waals surface area contributed by atoms with Gasteiger partial charge in [-0.15, -0.1) is 0 Å². The van der Waals surface area contributed by atoms with Gasteiger partial charge in [0.1, 0.15) is 11.2 Å². The molecule has 250 valence electrons. The summed E-state index contributed by atoms with van der Waals surface area (Å²) in [7, 11) is 0. The van der Waals surface area contributed by atoms with Crippen LogP contribution in [0, 0.1) is 0 Å². The van der Waals surface area contributed by atoms with E-state index in [1.807, 2.05) is 12.1 Å². The van der Waals surface area contributed by atoms with Gasteiger partial charge < -0.3 is 9.32 Å². The highest BCUT2D eigenvalue weighted by Crippen LogP contribution is 2.62. The van der Waals surface area contributed by atoms with E-state index in [0.29, 0.717) is 0 Å². The van der Waals surface area contributed by atoms with Gasteiger partial charge in [-0.25, -0.2) is 0 Å². The fraction of sp³-hybridized carbons (Fsp3) is 0.120. The van der Waals surface area contributed by atoms with Gasteiger partial charge in [0, 0.05) is 38.7 Å². The van der Waals surface area contributed by atoms with E-state index in [1.165, 1.54) is 55.7 Å². The number of hydrogen-bond acceptors (Lipinski definition) is 2. The zero-order chi connectivity index (χ0) is 35.2. The number of fused-ring (bicyclic) bond motifs is 7. The zero-order valence-corrected chi connectivity index (χ0v) is 29.9. The number of hydrogen-bond donors (Lipinski definition) is 0. The summed E-state index contributed by atoms with van der Waals surface area (Å²) in [5.41, 5.74) is 18.5. The van der Waals surface area contributed by atoms with E-state index in [4.69, 9.17) is 4.42 Å². The standard InChI is InChI=1S/C50H39NO/c1-49(2)43-16-10-8-15-40(43)47-48(49)41-28-22-35(30-44(41)50(47,3)4)34-20-25-37(26-21-34)51(36-23-18-33(19-24-36)32-12-6-5-7-13-32)38-27-29-46-42(31-38)39-14-9-11-17-45(39)52-46/h5-31H,1-4H3. The lowest BCUT2D eigenvalue weighted by atomic mass is 9.75. The van der Waals surface area contributed by atoms with Crippen LogP contribution in [0.4, 0.5) is 17.1 Å². The highest BCUT2D eigenvalue weighted by molar-refractivity contribution is 6.10. The molecule has 0 atom stereocenters. The summed E-state index contributed by atoms with van der Waals surface area (Å²) in [6, 6.07) is 59.5. The molecule has 0 fully saturated rings. The maximum atomic E-state index is 6.21. The van der Waals surface area contributed by atoms with Crippen LogP contribution in [0.15, 0.2) is 168 Å². The topological polar surface area (TPSA) is 16.4 Å². The second-order valence-electron chi connectivity index (χ2n) is 15.4. The van der Waals surface area contributed by atoms with Crippen molar-refractivity contribution in [2.24, 2.45) is 0 Å². The van der Waals surface area contributed by atoms with Crippen molar-refractivity contribution in [2.45, 2.75) is 38.5 Å². The molecule has 0 radical (unpaired) electrons. The maximum Gasteiger partial charge on any atom is 0.135 e. The van der Waals surface area contributed by atoms with Crippen molar-refractivity contribution in [2.75, 3.05) is 4.90 Å². The lowest BCUT2D eigenvalue weighted by Gasteiger charge is -2.28. The summed E-state index contributed by atoms with van der Waals surface area (Å²) in [4.78, 5) is 2.35. The number of para-hydroxylation sites is 1. The Morgan fingerprint density at radius 2 is 0.904 bits per heavy atom. The first-order valence-electron chi connectivity index (χ1n) is 18.3. The number of allylic oxidation sites excluding steroid dienone is 2. The molecule has 52 heavy (non-hydrogen) atoms. The molecule has 10 rings (SSSR count). The Hall–Kier alpha value is -6.12. The van der Waals surface area contributed by atoms with Crippen LogP contribution >= 0.6 is 0 Å². The van der Waals surface area contributed by atoms with Gasteiger partial charge >= 0.3 is 0 Å². The van der Waals surface area contributed by atoms with Gasteiger partial charge in [-0.05, 0) is 110 Å². The molecule has 1 heterocycles. The summed E-state index contributed by atoms with van der Waals surface area (Å²) in [6.45, 7) is 9.58. The molecule has 0 N–H and O–H groups in total. The molecule has 7 aromatic carbocycles. The third-order valence-electron chi connectivity index (χ3n) is 11.6. The van der Waals surface area contributed by atoms with Gasteiger partial charge in [0.15, 0.2) is 0 Å². The number of furan rings is 1. The predicted octanol–water partition coefficient (Wildman–Crippen LogP) is 13.9. The number of nitrogens with zero attached hydrogens (tertiary/aromatic N) is 1. The van der Waals surface area contributed by atoms with E-state index in [0.717, 1.165) is 39.0 Å². The van der Waals surface area contributed by atoms with E-state index in [2.05, 4.69) is 184 Å². The van der Waals surface area contributed by atoms with Crippen LogP contribution < -0.4 is 4.90 Å². The van der Waals surface area contributed by atoms with Crippen LogP contribution in [-0.4, -0.2) is 0 Å². The Kier molecular flexibility index (Phi) is 6.60. The highest BCUT2D eigenvalue weighted by atomic mass is 16.3. The predicted molar refractivity (Wildman–Crippen MR) is 219 cm³/mol. The quantitative estimate of drug-likeness (QED) is 0.181. The molecule has 0 aliphatic heterocycles. The van der Waals surface area contributed by atoms with Gasteiger partial charge in [-0.1, -0.05) is 137 Å². The van der Waals surface area contributed by atoms with Crippen molar-refractivity contribution in [3.8, 4) is 22.3 Å². The van der Waals surface area contributed by atoms with Gasteiger partial charge in [0.05, 0.1) is 0 Å². The van der Waals surface area contributed by atoms with E-state index in [1.54, 1.807) is 0 Å². The fourth-order valence-corrected chi connectivity index (χ4v) is 9.08. The van der Waals surface area contributed by atoms with Crippen molar-refractivity contribution < 1.29 is 4.42 Å². The first kappa shape index (κ1) is 30.7. The normalized spacial score (nSPS) is 15.2. The lowest BCUT2D eigenvalue weighted by Crippen LogP contribution is -2.19. The SMILES string of the molecule is CC1(C)C2=C(c3ccccc31)C(C)(C)c1cc(-c3ccc(N(c4ccc(-c5ccccc5)cc4)c4ccc5oc6ccccc6c5c4)cc3)ccc12. The summed E-state index contributed by atoms with van der Waals surface area (Å²) in [5.74, 6) is 0. The third-order valence-corrected chi connectivity index (χ3v) is 11.6. The van der Waals surface area contributed by atoms with Gasteiger partial charge in [0.2, 0.25) is 0 Å². The minimum Gasteiger partial charge on any atom is -0.456 e. The first-order valence-corrected chi connectivity index (χ1v) is 18.3. The molecule has 0 spiro atoms. The highest BCUT2D eigenvalue weighted by Gasteiger charge is 2.49.